The topological polar surface area (TPSA) is 72.9 Å². The fraction of sp³-hybridized carbons (Fsp3) is 0.318. The molecule has 0 radical (unpaired) electrons. The van der Waals surface area contributed by atoms with Crippen molar-refractivity contribution in [1.29, 1.82) is 0 Å². The molecule has 0 aromatic heterocycles. The molecule has 0 N–H and O–H groups in total. The van der Waals surface area contributed by atoms with Crippen LogP contribution in [0.3, 0.4) is 0 Å². The summed E-state index contributed by atoms with van der Waals surface area (Å²) >= 11 is 0. The molecular formula is C22H23NO5. The molecule has 1 heterocycles. The molecule has 2 aromatic rings. The Labute approximate surface area is 164 Å². The summed E-state index contributed by atoms with van der Waals surface area (Å²) in [5.74, 6) is -0.0695. The van der Waals surface area contributed by atoms with Crippen LogP contribution in [0.4, 0.5) is 0 Å². The normalized spacial score (nSPS) is 14.6. The Morgan fingerprint density at radius 1 is 1.11 bits per heavy atom. The van der Waals surface area contributed by atoms with Crippen molar-refractivity contribution in [2.75, 3.05) is 13.7 Å². The molecule has 1 unspecified atom stereocenters. The number of carbonyl (C=O) groups excluding carboxylic acids is 3. The molecule has 6 nitrogen and oxygen atoms in total. The summed E-state index contributed by atoms with van der Waals surface area (Å²) in [7, 11) is 1.55. The van der Waals surface area contributed by atoms with Crippen molar-refractivity contribution in [3.05, 3.63) is 65.2 Å². The van der Waals surface area contributed by atoms with Gasteiger partial charge in [0, 0.05) is 25.1 Å². The van der Waals surface area contributed by atoms with E-state index in [1.165, 1.54) is 0 Å². The van der Waals surface area contributed by atoms with Gasteiger partial charge in [0.25, 0.3) is 0 Å². The predicted octanol–water partition coefficient (Wildman–Crippen LogP) is 3.25. The van der Waals surface area contributed by atoms with Crippen molar-refractivity contribution < 1.29 is 23.9 Å². The van der Waals surface area contributed by atoms with Crippen LogP contribution in [-0.4, -0.2) is 42.3 Å². The second-order valence-electron chi connectivity index (χ2n) is 6.76. The number of amides is 1. The molecule has 0 aliphatic carbocycles. The molecule has 1 fully saturated rings. The minimum Gasteiger partial charge on any atom is -0.497 e. The van der Waals surface area contributed by atoms with Gasteiger partial charge in [-0.2, -0.15) is 0 Å². The Kier molecular flexibility index (Phi) is 6.09. The van der Waals surface area contributed by atoms with E-state index in [4.69, 9.17) is 9.47 Å². The Morgan fingerprint density at radius 3 is 2.50 bits per heavy atom. The molecular weight excluding hydrogens is 358 g/mol. The van der Waals surface area contributed by atoms with Crippen molar-refractivity contribution in [2.24, 2.45) is 0 Å². The number of benzene rings is 2. The third-order valence-corrected chi connectivity index (χ3v) is 4.74. The number of methoxy groups -OCH3 is 1. The lowest BCUT2D eigenvalue weighted by Gasteiger charge is -2.16. The largest absolute Gasteiger partial charge is 0.497 e. The summed E-state index contributed by atoms with van der Waals surface area (Å²) in [5.41, 5.74) is 1.67. The molecule has 1 aliphatic rings. The quantitative estimate of drug-likeness (QED) is 0.544. The molecule has 146 valence electrons. The Hall–Kier alpha value is -3.15. The van der Waals surface area contributed by atoms with E-state index in [0.29, 0.717) is 29.8 Å². The van der Waals surface area contributed by atoms with Crippen LogP contribution in [0.2, 0.25) is 0 Å². The lowest BCUT2D eigenvalue weighted by Crippen LogP contribution is -2.25. The van der Waals surface area contributed by atoms with Gasteiger partial charge in [0.2, 0.25) is 11.7 Å². The number of ketones is 1. The van der Waals surface area contributed by atoms with Crippen LogP contribution in [-0.2, 0) is 16.1 Å². The average molecular weight is 381 g/mol. The number of esters is 1. The van der Waals surface area contributed by atoms with Crippen molar-refractivity contribution >= 4 is 17.7 Å². The Morgan fingerprint density at radius 2 is 1.86 bits per heavy atom. The molecule has 0 bridgehead atoms. The lowest BCUT2D eigenvalue weighted by molar-refractivity contribution is -0.128. The number of rotatable bonds is 7. The first-order chi connectivity index (χ1) is 13.5. The lowest BCUT2D eigenvalue weighted by atomic mass is 10.1. The molecule has 28 heavy (non-hydrogen) atoms. The first-order valence-corrected chi connectivity index (χ1v) is 9.24. The van der Waals surface area contributed by atoms with Gasteiger partial charge in [-0.3, -0.25) is 9.59 Å². The minimum absolute atomic E-state index is 0.131. The SMILES string of the molecule is COc1ccc(C(=O)C(C)OC(=O)c2cccc(CN3CCCC3=O)c2)cc1. The van der Waals surface area contributed by atoms with E-state index in [9.17, 15) is 14.4 Å². The smallest absolute Gasteiger partial charge is 0.338 e. The van der Waals surface area contributed by atoms with Crippen LogP contribution in [0.25, 0.3) is 0 Å². The Bertz CT molecular complexity index is 875. The monoisotopic (exact) mass is 381 g/mol. The van der Waals surface area contributed by atoms with Gasteiger partial charge in [-0.1, -0.05) is 12.1 Å². The van der Waals surface area contributed by atoms with Crippen molar-refractivity contribution in [3.63, 3.8) is 0 Å². The maximum absolute atomic E-state index is 12.5. The van der Waals surface area contributed by atoms with E-state index in [-0.39, 0.29) is 11.7 Å². The van der Waals surface area contributed by atoms with Gasteiger partial charge < -0.3 is 14.4 Å². The molecule has 3 rings (SSSR count). The first kappa shape index (κ1) is 19.6. The highest BCUT2D eigenvalue weighted by Gasteiger charge is 2.22. The summed E-state index contributed by atoms with van der Waals surface area (Å²) in [6, 6.07) is 13.6. The standard InChI is InChI=1S/C22H23NO5/c1-15(21(25)17-8-10-19(27-2)11-9-17)28-22(26)18-6-3-5-16(13-18)14-23-12-4-7-20(23)24/h3,5-6,8-11,13,15H,4,7,12,14H2,1-2H3. The summed E-state index contributed by atoms with van der Waals surface area (Å²) in [6.45, 7) is 2.76. The average Bonchev–Trinajstić information content (AvgIpc) is 3.12. The maximum Gasteiger partial charge on any atom is 0.338 e. The Balaban J connectivity index is 1.63. The van der Waals surface area contributed by atoms with Gasteiger partial charge in [0.05, 0.1) is 12.7 Å². The zero-order valence-corrected chi connectivity index (χ0v) is 16.0. The zero-order valence-electron chi connectivity index (χ0n) is 16.0. The fourth-order valence-electron chi connectivity index (χ4n) is 3.16. The summed E-state index contributed by atoms with van der Waals surface area (Å²) in [5, 5.41) is 0. The molecule has 0 saturated carbocycles. The summed E-state index contributed by atoms with van der Waals surface area (Å²) in [4.78, 5) is 38.5. The third kappa shape index (κ3) is 4.57. The molecule has 1 saturated heterocycles. The summed E-state index contributed by atoms with van der Waals surface area (Å²) < 4.78 is 10.4. The number of ether oxygens (including phenoxy) is 2. The maximum atomic E-state index is 12.5. The van der Waals surface area contributed by atoms with Crippen molar-refractivity contribution in [2.45, 2.75) is 32.4 Å². The van der Waals surface area contributed by atoms with Crippen LogP contribution in [0, 0.1) is 0 Å². The molecule has 1 atom stereocenters. The minimum atomic E-state index is -0.912. The van der Waals surface area contributed by atoms with Crippen LogP contribution in [0.5, 0.6) is 5.75 Å². The highest BCUT2D eigenvalue weighted by atomic mass is 16.5. The van der Waals surface area contributed by atoms with E-state index >= 15 is 0 Å². The van der Waals surface area contributed by atoms with Gasteiger partial charge in [-0.25, -0.2) is 4.79 Å². The highest BCUT2D eigenvalue weighted by molar-refractivity contribution is 6.01. The molecule has 2 aromatic carbocycles. The first-order valence-electron chi connectivity index (χ1n) is 9.24. The van der Waals surface area contributed by atoms with Crippen LogP contribution >= 0.6 is 0 Å². The van der Waals surface area contributed by atoms with Crippen LogP contribution in [0.15, 0.2) is 48.5 Å². The predicted molar refractivity (Wildman–Crippen MR) is 103 cm³/mol. The number of likely N-dealkylation sites (tertiary alicyclic amines) is 1. The third-order valence-electron chi connectivity index (χ3n) is 4.74. The van der Waals surface area contributed by atoms with Gasteiger partial charge in [0.1, 0.15) is 5.75 Å². The molecule has 6 heteroatoms. The van der Waals surface area contributed by atoms with Crippen LogP contribution in [0.1, 0.15) is 46.0 Å². The van der Waals surface area contributed by atoms with Gasteiger partial charge in [-0.05, 0) is 55.3 Å². The van der Waals surface area contributed by atoms with E-state index in [0.717, 1.165) is 18.5 Å². The van der Waals surface area contributed by atoms with Crippen molar-refractivity contribution in [3.8, 4) is 5.75 Å². The number of carbonyl (C=O) groups is 3. The fourth-order valence-corrected chi connectivity index (χ4v) is 3.16. The van der Waals surface area contributed by atoms with E-state index < -0.39 is 12.1 Å². The number of Topliss-reactive ketones (excluding diaryl/α,β-unsaturated/α-hetero) is 1. The van der Waals surface area contributed by atoms with E-state index in [2.05, 4.69) is 0 Å². The van der Waals surface area contributed by atoms with E-state index in [1.54, 1.807) is 61.4 Å². The number of hydrogen-bond acceptors (Lipinski definition) is 5. The second kappa shape index (κ2) is 8.69. The van der Waals surface area contributed by atoms with Gasteiger partial charge in [-0.15, -0.1) is 0 Å². The molecule has 1 amide bonds. The molecule has 0 spiro atoms. The summed E-state index contributed by atoms with van der Waals surface area (Å²) in [6.07, 6.45) is 0.530. The zero-order chi connectivity index (χ0) is 20.1. The highest BCUT2D eigenvalue weighted by Crippen LogP contribution is 2.17. The van der Waals surface area contributed by atoms with Crippen molar-refractivity contribution in [1.82, 2.24) is 4.90 Å². The van der Waals surface area contributed by atoms with E-state index in [1.807, 2.05) is 6.07 Å². The molecule has 1 aliphatic heterocycles. The number of nitrogens with zero attached hydrogens (tertiary/aromatic N) is 1. The second-order valence-corrected chi connectivity index (χ2v) is 6.76. The number of hydrogen-bond donors (Lipinski definition) is 0. The van der Waals surface area contributed by atoms with Gasteiger partial charge >= 0.3 is 5.97 Å². The van der Waals surface area contributed by atoms with Crippen LogP contribution < -0.4 is 4.74 Å². The van der Waals surface area contributed by atoms with Gasteiger partial charge in [0.15, 0.2) is 6.10 Å².